The first kappa shape index (κ1) is 14.1. The second-order valence-electron chi connectivity index (χ2n) is 5.09. The van der Waals surface area contributed by atoms with Gasteiger partial charge in [0.2, 0.25) is 10.0 Å². The van der Waals surface area contributed by atoms with Crippen LogP contribution in [0, 0.1) is 5.92 Å². The van der Waals surface area contributed by atoms with E-state index < -0.39 is 16.0 Å². The van der Waals surface area contributed by atoms with E-state index >= 15 is 0 Å². The molecule has 0 spiro atoms. The molecule has 0 amide bonds. The van der Waals surface area contributed by atoms with E-state index in [0.29, 0.717) is 19.0 Å². The molecule has 2 rings (SSSR count). The van der Waals surface area contributed by atoms with Gasteiger partial charge < -0.3 is 9.67 Å². The Kier molecular flexibility index (Phi) is 3.69. The number of aryl methyl sites for hydroxylation is 1. The summed E-state index contributed by atoms with van der Waals surface area (Å²) in [5.74, 6) is -0.790. The molecule has 0 unspecified atom stereocenters. The van der Waals surface area contributed by atoms with Crippen LogP contribution in [-0.2, 0) is 17.1 Å². The molecule has 1 saturated heterocycles. The Morgan fingerprint density at radius 1 is 1.47 bits per heavy atom. The van der Waals surface area contributed by atoms with Crippen LogP contribution in [0.4, 0.5) is 0 Å². The molecule has 1 fully saturated rings. The highest BCUT2D eigenvalue weighted by Gasteiger charge is 2.30. The second kappa shape index (κ2) is 4.97. The predicted octanol–water partition coefficient (Wildman–Crippen LogP) is 1.14. The highest BCUT2D eigenvalue weighted by Crippen LogP contribution is 2.24. The van der Waals surface area contributed by atoms with Crippen molar-refractivity contribution in [1.82, 2.24) is 8.87 Å². The van der Waals surface area contributed by atoms with Crippen molar-refractivity contribution in [3.8, 4) is 0 Å². The summed E-state index contributed by atoms with van der Waals surface area (Å²) in [6, 6.07) is 1.22. The van der Waals surface area contributed by atoms with Crippen LogP contribution in [0.1, 0.15) is 30.3 Å². The van der Waals surface area contributed by atoms with Crippen LogP contribution in [0.15, 0.2) is 17.2 Å². The van der Waals surface area contributed by atoms with Crippen LogP contribution in [0.3, 0.4) is 0 Å². The summed E-state index contributed by atoms with van der Waals surface area (Å²) in [7, 11) is -2.05. The van der Waals surface area contributed by atoms with Crippen LogP contribution < -0.4 is 0 Å². The number of carboxylic acid groups (broad SMARTS) is 1. The Morgan fingerprint density at radius 2 is 2.16 bits per heavy atom. The first-order valence-electron chi connectivity index (χ1n) is 6.22. The van der Waals surface area contributed by atoms with Crippen molar-refractivity contribution < 1.29 is 18.3 Å². The van der Waals surface area contributed by atoms with Crippen molar-refractivity contribution in [2.24, 2.45) is 13.0 Å². The quantitative estimate of drug-likeness (QED) is 0.903. The number of nitrogens with zero attached hydrogens (tertiary/aromatic N) is 2. The molecule has 106 valence electrons. The summed E-state index contributed by atoms with van der Waals surface area (Å²) in [6.45, 7) is 3.03. The summed E-state index contributed by atoms with van der Waals surface area (Å²) >= 11 is 0. The number of carbonyl (C=O) groups is 1. The Morgan fingerprint density at radius 3 is 2.68 bits per heavy atom. The average Bonchev–Trinajstić information content (AvgIpc) is 2.72. The molecule has 1 aromatic heterocycles. The Bertz CT molecular complexity index is 591. The van der Waals surface area contributed by atoms with Crippen LogP contribution in [-0.4, -0.2) is 41.5 Å². The van der Waals surface area contributed by atoms with E-state index in [1.165, 1.54) is 28.2 Å². The number of aromatic nitrogens is 1. The lowest BCUT2D eigenvalue weighted by atomic mass is 10.0. The van der Waals surface area contributed by atoms with Gasteiger partial charge in [0.1, 0.15) is 10.6 Å². The van der Waals surface area contributed by atoms with Gasteiger partial charge in [-0.1, -0.05) is 6.92 Å². The standard InChI is InChI=1S/C12H18N2O4S/c1-9-4-3-5-14(7-9)19(17,18)10-6-11(12(15)16)13(2)8-10/h6,8-9H,3-5,7H2,1-2H3,(H,15,16)/t9-/m0/s1. The molecule has 0 aromatic carbocycles. The fraction of sp³-hybridized carbons (Fsp3) is 0.583. The smallest absolute Gasteiger partial charge is 0.352 e. The highest BCUT2D eigenvalue weighted by molar-refractivity contribution is 7.89. The number of carboxylic acids is 1. The van der Waals surface area contributed by atoms with E-state index in [1.54, 1.807) is 0 Å². The largest absolute Gasteiger partial charge is 0.477 e. The number of hydrogen-bond donors (Lipinski definition) is 1. The van der Waals surface area contributed by atoms with E-state index in [1.807, 2.05) is 6.92 Å². The third-order valence-electron chi connectivity index (χ3n) is 3.46. The van der Waals surface area contributed by atoms with Gasteiger partial charge in [0.05, 0.1) is 0 Å². The molecule has 2 heterocycles. The van der Waals surface area contributed by atoms with Gasteiger partial charge in [-0.15, -0.1) is 0 Å². The first-order chi connectivity index (χ1) is 8.82. The summed E-state index contributed by atoms with van der Waals surface area (Å²) < 4.78 is 27.6. The van der Waals surface area contributed by atoms with Crippen LogP contribution in [0.2, 0.25) is 0 Å². The Balaban J connectivity index is 2.34. The van der Waals surface area contributed by atoms with E-state index in [4.69, 9.17) is 5.11 Å². The highest BCUT2D eigenvalue weighted by atomic mass is 32.2. The molecule has 0 radical (unpaired) electrons. The summed E-state index contributed by atoms with van der Waals surface area (Å²) in [6.07, 6.45) is 3.23. The normalized spacial score (nSPS) is 21.5. The Labute approximate surface area is 112 Å². The van der Waals surface area contributed by atoms with Gasteiger partial charge in [0.25, 0.3) is 0 Å². The van der Waals surface area contributed by atoms with Gasteiger partial charge in [-0.05, 0) is 24.8 Å². The lowest BCUT2D eigenvalue weighted by molar-refractivity contribution is 0.0686. The number of piperidine rings is 1. The molecule has 0 saturated carbocycles. The van der Waals surface area contributed by atoms with Crippen LogP contribution >= 0.6 is 0 Å². The van der Waals surface area contributed by atoms with Gasteiger partial charge in [0.15, 0.2) is 0 Å². The molecule has 1 N–H and O–H groups in total. The van der Waals surface area contributed by atoms with Crippen molar-refractivity contribution >= 4 is 16.0 Å². The predicted molar refractivity (Wildman–Crippen MR) is 69.5 cm³/mol. The molecular weight excluding hydrogens is 268 g/mol. The van der Waals surface area contributed by atoms with Crippen molar-refractivity contribution in [3.05, 3.63) is 18.0 Å². The number of aromatic carboxylic acids is 1. The minimum absolute atomic E-state index is 0.0244. The van der Waals surface area contributed by atoms with E-state index in [0.717, 1.165) is 12.8 Å². The maximum Gasteiger partial charge on any atom is 0.352 e. The SMILES string of the molecule is C[C@H]1CCCN(S(=O)(=O)c2cc(C(=O)O)n(C)c2)C1. The van der Waals surface area contributed by atoms with Gasteiger partial charge >= 0.3 is 5.97 Å². The Hall–Kier alpha value is -1.34. The number of hydrogen-bond acceptors (Lipinski definition) is 3. The molecular formula is C12H18N2O4S. The fourth-order valence-corrected chi connectivity index (χ4v) is 4.07. The van der Waals surface area contributed by atoms with Crippen molar-refractivity contribution in [3.63, 3.8) is 0 Å². The molecule has 6 nitrogen and oxygen atoms in total. The van der Waals surface area contributed by atoms with Gasteiger partial charge in [-0.2, -0.15) is 4.31 Å². The molecule has 0 bridgehead atoms. The number of sulfonamides is 1. The van der Waals surface area contributed by atoms with Gasteiger partial charge in [0, 0.05) is 26.3 Å². The van der Waals surface area contributed by atoms with Crippen LogP contribution in [0.25, 0.3) is 0 Å². The molecule has 7 heteroatoms. The molecule has 1 aliphatic heterocycles. The summed E-state index contributed by atoms with van der Waals surface area (Å²) in [4.78, 5) is 11.0. The van der Waals surface area contributed by atoms with Gasteiger partial charge in [-0.25, -0.2) is 13.2 Å². The summed E-state index contributed by atoms with van der Waals surface area (Å²) in [5, 5.41) is 8.97. The molecule has 1 aromatic rings. The van der Waals surface area contributed by atoms with Gasteiger partial charge in [-0.3, -0.25) is 0 Å². The number of rotatable bonds is 3. The zero-order chi connectivity index (χ0) is 14.2. The fourth-order valence-electron chi connectivity index (χ4n) is 2.40. The van der Waals surface area contributed by atoms with E-state index in [-0.39, 0.29) is 10.6 Å². The summed E-state index contributed by atoms with van der Waals surface area (Å²) in [5.41, 5.74) is -0.0244. The zero-order valence-electron chi connectivity index (χ0n) is 11.0. The second-order valence-corrected chi connectivity index (χ2v) is 7.03. The maximum atomic E-state index is 12.4. The van der Waals surface area contributed by atoms with Crippen molar-refractivity contribution in [2.45, 2.75) is 24.7 Å². The molecule has 1 atom stereocenters. The van der Waals surface area contributed by atoms with E-state index in [9.17, 15) is 13.2 Å². The van der Waals surface area contributed by atoms with Crippen molar-refractivity contribution in [1.29, 1.82) is 0 Å². The monoisotopic (exact) mass is 286 g/mol. The van der Waals surface area contributed by atoms with Crippen molar-refractivity contribution in [2.75, 3.05) is 13.1 Å². The van der Waals surface area contributed by atoms with E-state index in [2.05, 4.69) is 0 Å². The molecule has 19 heavy (non-hydrogen) atoms. The lowest BCUT2D eigenvalue weighted by Gasteiger charge is -2.29. The third kappa shape index (κ3) is 2.66. The third-order valence-corrected chi connectivity index (χ3v) is 5.29. The van der Waals surface area contributed by atoms with Crippen LogP contribution in [0.5, 0.6) is 0 Å². The lowest BCUT2D eigenvalue weighted by Crippen LogP contribution is -2.38. The first-order valence-corrected chi connectivity index (χ1v) is 7.66. The zero-order valence-corrected chi connectivity index (χ0v) is 11.9. The minimum Gasteiger partial charge on any atom is -0.477 e. The molecule has 0 aliphatic carbocycles. The average molecular weight is 286 g/mol. The topological polar surface area (TPSA) is 79.6 Å². The molecule has 1 aliphatic rings. The maximum absolute atomic E-state index is 12.4. The minimum atomic E-state index is -3.58.